The fourth-order valence-corrected chi connectivity index (χ4v) is 6.44. The maximum atomic E-state index is 13.7. The molecule has 0 spiro atoms. The lowest BCUT2D eigenvalue weighted by atomic mass is 9.94. The van der Waals surface area contributed by atoms with E-state index in [4.69, 9.17) is 9.73 Å². The summed E-state index contributed by atoms with van der Waals surface area (Å²) < 4.78 is 5.89. The lowest BCUT2D eigenvalue weighted by molar-refractivity contribution is -0.124. The number of rotatable bonds is 7. The van der Waals surface area contributed by atoms with Gasteiger partial charge in [-0.05, 0) is 61.7 Å². The summed E-state index contributed by atoms with van der Waals surface area (Å²) in [6, 6.07) is 17.4. The molecule has 1 aliphatic heterocycles. The Morgan fingerprint density at radius 1 is 0.946 bits per heavy atom. The highest BCUT2D eigenvalue weighted by Crippen LogP contribution is 2.39. The number of carbonyl (C=O) groups excluding carboxylic acids is 2. The third-order valence-electron chi connectivity index (χ3n) is 7.27. The van der Waals surface area contributed by atoms with Gasteiger partial charge in [0.25, 0.3) is 11.8 Å². The van der Waals surface area contributed by atoms with Gasteiger partial charge < -0.3 is 10.1 Å². The first-order valence-electron chi connectivity index (χ1n) is 13.5. The monoisotopic (exact) mass is 517 g/mol. The molecule has 2 amide bonds. The zero-order valence-electron chi connectivity index (χ0n) is 21.2. The Morgan fingerprint density at radius 3 is 2.38 bits per heavy atom. The van der Waals surface area contributed by atoms with E-state index in [0.717, 1.165) is 54.9 Å². The van der Waals surface area contributed by atoms with Gasteiger partial charge in [0.05, 0.1) is 10.9 Å². The first kappa shape index (κ1) is 25.6. The third kappa shape index (κ3) is 6.63. The molecular formula is C30H35N3O3S. The van der Waals surface area contributed by atoms with Crippen LogP contribution in [-0.2, 0) is 9.59 Å². The van der Waals surface area contributed by atoms with E-state index in [9.17, 15) is 9.59 Å². The van der Waals surface area contributed by atoms with Crippen LogP contribution in [0.5, 0.6) is 5.75 Å². The van der Waals surface area contributed by atoms with Crippen LogP contribution in [0.25, 0.3) is 6.08 Å². The summed E-state index contributed by atoms with van der Waals surface area (Å²) in [5.41, 5.74) is 1.51. The molecule has 0 bridgehead atoms. The molecule has 3 fully saturated rings. The van der Waals surface area contributed by atoms with Gasteiger partial charge in [-0.1, -0.05) is 74.9 Å². The number of carbonyl (C=O) groups is 2. The van der Waals surface area contributed by atoms with Crippen molar-refractivity contribution in [1.29, 1.82) is 0 Å². The molecule has 194 valence electrons. The Bertz CT molecular complexity index is 1150. The minimum Gasteiger partial charge on any atom is -0.483 e. The van der Waals surface area contributed by atoms with E-state index >= 15 is 0 Å². The molecule has 37 heavy (non-hydrogen) atoms. The number of nitrogens with zero attached hydrogens (tertiary/aromatic N) is 2. The minimum absolute atomic E-state index is 0.0445. The fraction of sp³-hybridized carbons (Fsp3) is 0.433. The number of thioether (sulfide) groups is 1. The average Bonchev–Trinajstić information content (AvgIpc) is 3.23. The maximum Gasteiger partial charge on any atom is 0.267 e. The van der Waals surface area contributed by atoms with Crippen molar-refractivity contribution in [1.82, 2.24) is 4.90 Å². The van der Waals surface area contributed by atoms with Crippen LogP contribution >= 0.6 is 11.8 Å². The molecular weight excluding hydrogens is 482 g/mol. The Hall–Kier alpha value is -3.06. The largest absolute Gasteiger partial charge is 0.483 e. The van der Waals surface area contributed by atoms with E-state index in [-0.39, 0.29) is 24.5 Å². The second-order valence-electron chi connectivity index (χ2n) is 10.0. The quantitative estimate of drug-likeness (QED) is 0.418. The van der Waals surface area contributed by atoms with Crippen LogP contribution in [0.3, 0.4) is 0 Å². The van der Waals surface area contributed by atoms with Gasteiger partial charge in [0.15, 0.2) is 11.8 Å². The van der Waals surface area contributed by atoms with Crippen molar-refractivity contribution in [3.05, 3.63) is 65.1 Å². The highest BCUT2D eigenvalue weighted by Gasteiger charge is 2.39. The molecule has 0 radical (unpaired) electrons. The van der Waals surface area contributed by atoms with Gasteiger partial charge in [0.1, 0.15) is 5.75 Å². The fourth-order valence-electron chi connectivity index (χ4n) is 5.34. The van der Waals surface area contributed by atoms with E-state index in [0.29, 0.717) is 16.7 Å². The third-order valence-corrected chi connectivity index (χ3v) is 8.26. The van der Waals surface area contributed by atoms with Crippen molar-refractivity contribution < 1.29 is 14.3 Å². The predicted octanol–water partition coefficient (Wildman–Crippen LogP) is 6.64. The summed E-state index contributed by atoms with van der Waals surface area (Å²) >= 11 is 1.50. The van der Waals surface area contributed by atoms with Crippen LogP contribution in [0.4, 0.5) is 5.69 Å². The Morgan fingerprint density at radius 2 is 1.62 bits per heavy atom. The maximum absolute atomic E-state index is 13.7. The van der Waals surface area contributed by atoms with Gasteiger partial charge in [0, 0.05) is 17.3 Å². The standard InChI is InChI=1S/C30H35N3O3S/c34-28(31-23-13-4-1-5-14-23)21-36-26-19-11-10-12-22(26)20-27-29(35)33(25-17-8-3-9-18-25)30(37-27)32-24-15-6-2-7-16-24/h1,4-5,10-14,19-20,24-25H,2-3,6-9,15-18,21H2,(H,31,34). The Labute approximate surface area is 223 Å². The van der Waals surface area contributed by atoms with E-state index in [2.05, 4.69) is 5.32 Å². The second kappa shape index (κ2) is 12.5. The summed E-state index contributed by atoms with van der Waals surface area (Å²) in [5, 5.41) is 3.71. The van der Waals surface area contributed by atoms with Crippen LogP contribution in [0.1, 0.15) is 69.8 Å². The van der Waals surface area contributed by atoms with Crippen molar-refractivity contribution >= 4 is 40.5 Å². The highest BCUT2D eigenvalue weighted by atomic mass is 32.2. The molecule has 2 saturated carbocycles. The zero-order chi connectivity index (χ0) is 25.5. The van der Waals surface area contributed by atoms with Crippen LogP contribution in [0.15, 0.2) is 64.5 Å². The van der Waals surface area contributed by atoms with Crippen LogP contribution in [-0.4, -0.2) is 40.6 Å². The molecule has 6 nitrogen and oxygen atoms in total. The molecule has 5 rings (SSSR count). The number of hydrogen-bond donors (Lipinski definition) is 1. The molecule has 0 atom stereocenters. The van der Waals surface area contributed by atoms with E-state index in [1.807, 2.05) is 65.6 Å². The van der Waals surface area contributed by atoms with Crippen molar-refractivity contribution in [2.45, 2.75) is 76.3 Å². The SMILES string of the molecule is O=C(COc1ccccc1C=C1SC(=NC2CCCCC2)N(C2CCCCC2)C1=O)Nc1ccccc1. The van der Waals surface area contributed by atoms with Crippen LogP contribution in [0, 0.1) is 0 Å². The van der Waals surface area contributed by atoms with E-state index in [1.54, 1.807) is 0 Å². The number of amidine groups is 1. The van der Waals surface area contributed by atoms with Crippen LogP contribution < -0.4 is 10.1 Å². The number of nitrogens with one attached hydrogen (secondary N) is 1. The molecule has 1 heterocycles. The first-order valence-corrected chi connectivity index (χ1v) is 14.4. The van der Waals surface area contributed by atoms with Crippen molar-refractivity contribution in [2.75, 3.05) is 11.9 Å². The smallest absolute Gasteiger partial charge is 0.267 e. The molecule has 0 aromatic heterocycles. The molecule has 0 unspecified atom stereocenters. The highest BCUT2D eigenvalue weighted by molar-refractivity contribution is 8.18. The summed E-state index contributed by atoms with van der Waals surface area (Å²) in [4.78, 5) is 33.9. The molecule has 1 N–H and O–H groups in total. The second-order valence-corrected chi connectivity index (χ2v) is 11.0. The van der Waals surface area contributed by atoms with Gasteiger partial charge in [-0.15, -0.1) is 0 Å². The lowest BCUT2D eigenvalue weighted by Gasteiger charge is -2.31. The van der Waals surface area contributed by atoms with Gasteiger partial charge in [-0.3, -0.25) is 19.5 Å². The molecule has 7 heteroatoms. The molecule has 3 aliphatic rings. The normalized spacial score (nSPS) is 21.5. The van der Waals surface area contributed by atoms with Gasteiger partial charge >= 0.3 is 0 Å². The Balaban J connectivity index is 1.33. The van der Waals surface area contributed by atoms with Crippen LogP contribution in [0.2, 0.25) is 0 Å². The number of anilines is 1. The number of aliphatic imine (C=N–C) groups is 1. The topological polar surface area (TPSA) is 71.0 Å². The minimum atomic E-state index is -0.231. The molecule has 1 saturated heterocycles. The number of hydrogen-bond acceptors (Lipinski definition) is 5. The predicted molar refractivity (Wildman–Crippen MR) is 151 cm³/mol. The van der Waals surface area contributed by atoms with Crippen molar-refractivity contribution in [3.63, 3.8) is 0 Å². The van der Waals surface area contributed by atoms with Gasteiger partial charge in [-0.25, -0.2) is 0 Å². The summed E-state index contributed by atoms with van der Waals surface area (Å²) in [7, 11) is 0. The number of ether oxygens (including phenoxy) is 1. The number of para-hydroxylation sites is 2. The van der Waals surface area contributed by atoms with Gasteiger partial charge in [0.2, 0.25) is 0 Å². The first-order chi connectivity index (χ1) is 18.2. The number of amides is 2. The lowest BCUT2D eigenvalue weighted by Crippen LogP contribution is -2.41. The molecule has 2 aliphatic carbocycles. The van der Waals surface area contributed by atoms with E-state index < -0.39 is 0 Å². The van der Waals surface area contributed by atoms with Crippen molar-refractivity contribution in [2.24, 2.45) is 4.99 Å². The summed E-state index contributed by atoms with van der Waals surface area (Å²) in [5.74, 6) is 0.391. The van der Waals surface area contributed by atoms with Gasteiger partial charge in [-0.2, -0.15) is 0 Å². The summed E-state index contributed by atoms with van der Waals surface area (Å²) in [6.45, 7) is -0.112. The zero-order valence-corrected chi connectivity index (χ0v) is 22.1. The molecule has 2 aromatic rings. The van der Waals surface area contributed by atoms with E-state index in [1.165, 1.54) is 37.4 Å². The average molecular weight is 518 g/mol. The summed E-state index contributed by atoms with van der Waals surface area (Å²) in [6.07, 6.45) is 13.5. The Kier molecular flexibility index (Phi) is 8.61. The molecule has 2 aromatic carbocycles. The number of benzene rings is 2. The van der Waals surface area contributed by atoms with Crippen molar-refractivity contribution in [3.8, 4) is 5.75 Å².